The summed E-state index contributed by atoms with van der Waals surface area (Å²) in [5, 5.41) is 9.71. The second-order valence-corrected chi connectivity index (χ2v) is 4.87. The Hall–Kier alpha value is -3.10. The molecule has 23 heavy (non-hydrogen) atoms. The van der Waals surface area contributed by atoms with Crippen LogP contribution in [0.5, 0.6) is 5.75 Å². The number of carbonyl (C=O) groups excluding carboxylic acids is 1. The van der Waals surface area contributed by atoms with Crippen molar-refractivity contribution in [2.45, 2.75) is 6.61 Å². The lowest BCUT2D eigenvalue weighted by atomic mass is 10.1. The summed E-state index contributed by atoms with van der Waals surface area (Å²) in [4.78, 5) is 12.4. The maximum atomic E-state index is 12.4. The van der Waals surface area contributed by atoms with E-state index in [1.54, 1.807) is 31.4 Å². The Morgan fingerprint density at radius 1 is 1.22 bits per heavy atom. The van der Waals surface area contributed by atoms with Crippen LogP contribution < -0.4 is 4.74 Å². The number of para-hydroxylation sites is 1. The van der Waals surface area contributed by atoms with Gasteiger partial charge in [-0.3, -0.25) is 0 Å². The zero-order valence-electron chi connectivity index (χ0n) is 12.4. The summed E-state index contributed by atoms with van der Waals surface area (Å²) in [5.41, 5.74) is 1.65. The topological polar surface area (TPSA) is 72.5 Å². The van der Waals surface area contributed by atoms with Crippen molar-refractivity contribution >= 4 is 16.9 Å². The molecule has 3 aromatic rings. The standard InChI is InChI=1S/C18H13NO4/c1-21-11-15-14-7-2-3-8-16(14)23-17(15)18(20)22-13-6-4-5-12(9-13)10-19/h2-9H,11H2,1H3. The van der Waals surface area contributed by atoms with Crippen LogP contribution in [0.3, 0.4) is 0 Å². The zero-order chi connectivity index (χ0) is 16.2. The quantitative estimate of drug-likeness (QED) is 0.543. The summed E-state index contributed by atoms with van der Waals surface area (Å²) in [5.74, 6) is -0.225. The van der Waals surface area contributed by atoms with Crippen LogP contribution in [0, 0.1) is 11.3 Å². The monoisotopic (exact) mass is 307 g/mol. The molecule has 0 unspecified atom stereocenters. The van der Waals surface area contributed by atoms with Crippen molar-refractivity contribution in [3.8, 4) is 11.8 Å². The van der Waals surface area contributed by atoms with Gasteiger partial charge in [0.25, 0.3) is 0 Å². The molecule has 3 rings (SSSR count). The van der Waals surface area contributed by atoms with Crippen LogP contribution in [-0.4, -0.2) is 13.1 Å². The van der Waals surface area contributed by atoms with E-state index in [0.717, 1.165) is 5.39 Å². The van der Waals surface area contributed by atoms with Gasteiger partial charge < -0.3 is 13.9 Å². The number of furan rings is 1. The first-order valence-electron chi connectivity index (χ1n) is 6.94. The maximum Gasteiger partial charge on any atom is 0.380 e. The highest BCUT2D eigenvalue weighted by atomic mass is 16.5. The molecule has 2 aromatic carbocycles. The minimum Gasteiger partial charge on any atom is -0.449 e. The fourth-order valence-corrected chi connectivity index (χ4v) is 2.33. The maximum absolute atomic E-state index is 12.4. The summed E-state index contributed by atoms with van der Waals surface area (Å²) >= 11 is 0. The minimum absolute atomic E-state index is 0.107. The SMILES string of the molecule is COCc1c(C(=O)Oc2cccc(C#N)c2)oc2ccccc12. The third-order valence-electron chi connectivity index (χ3n) is 3.35. The molecule has 0 aliphatic heterocycles. The number of nitriles is 1. The first kappa shape index (κ1) is 14.8. The Balaban J connectivity index is 1.97. The lowest BCUT2D eigenvalue weighted by Gasteiger charge is -2.04. The van der Waals surface area contributed by atoms with Crippen LogP contribution in [-0.2, 0) is 11.3 Å². The molecule has 114 valence electrons. The van der Waals surface area contributed by atoms with Gasteiger partial charge in [-0.25, -0.2) is 4.79 Å². The van der Waals surface area contributed by atoms with Crippen molar-refractivity contribution < 1.29 is 18.7 Å². The van der Waals surface area contributed by atoms with Gasteiger partial charge in [0.15, 0.2) is 0 Å². The third kappa shape index (κ3) is 2.93. The Morgan fingerprint density at radius 3 is 2.83 bits per heavy atom. The minimum atomic E-state index is -0.622. The average molecular weight is 307 g/mol. The number of benzene rings is 2. The molecular weight excluding hydrogens is 294 g/mol. The predicted octanol–water partition coefficient (Wildman–Crippen LogP) is 3.67. The summed E-state index contributed by atoms with van der Waals surface area (Å²) in [6.45, 7) is 0.236. The van der Waals surface area contributed by atoms with Gasteiger partial charge in [-0.05, 0) is 24.3 Å². The van der Waals surface area contributed by atoms with Crippen LogP contribution in [0.1, 0.15) is 21.7 Å². The van der Waals surface area contributed by atoms with Crippen molar-refractivity contribution in [1.82, 2.24) is 0 Å². The van der Waals surface area contributed by atoms with Crippen LogP contribution in [0.2, 0.25) is 0 Å². The van der Waals surface area contributed by atoms with E-state index in [0.29, 0.717) is 16.7 Å². The highest BCUT2D eigenvalue weighted by Gasteiger charge is 2.22. The van der Waals surface area contributed by atoms with Gasteiger partial charge in [0.1, 0.15) is 11.3 Å². The third-order valence-corrected chi connectivity index (χ3v) is 3.35. The highest BCUT2D eigenvalue weighted by molar-refractivity contribution is 5.97. The van der Waals surface area contributed by atoms with Gasteiger partial charge in [0.2, 0.25) is 5.76 Å². The van der Waals surface area contributed by atoms with Crippen molar-refractivity contribution in [3.05, 3.63) is 65.4 Å². The Bertz CT molecular complexity index is 905. The fraction of sp³-hybridized carbons (Fsp3) is 0.111. The van der Waals surface area contributed by atoms with Crippen molar-refractivity contribution in [2.75, 3.05) is 7.11 Å². The molecule has 0 radical (unpaired) electrons. The Labute approximate surface area is 132 Å². The molecule has 0 aliphatic carbocycles. The summed E-state index contributed by atoms with van der Waals surface area (Å²) in [7, 11) is 1.55. The molecule has 0 atom stereocenters. The van der Waals surface area contributed by atoms with Crippen molar-refractivity contribution in [3.63, 3.8) is 0 Å². The Kier molecular flexibility index (Phi) is 4.09. The highest BCUT2D eigenvalue weighted by Crippen LogP contribution is 2.27. The lowest BCUT2D eigenvalue weighted by Crippen LogP contribution is -2.10. The van der Waals surface area contributed by atoms with E-state index in [4.69, 9.17) is 19.2 Å². The Morgan fingerprint density at radius 2 is 2.04 bits per heavy atom. The smallest absolute Gasteiger partial charge is 0.380 e. The molecule has 0 fully saturated rings. The number of rotatable bonds is 4. The molecule has 1 aromatic heterocycles. The average Bonchev–Trinajstić information content (AvgIpc) is 2.94. The van der Waals surface area contributed by atoms with E-state index in [2.05, 4.69) is 0 Å². The molecule has 0 saturated heterocycles. The zero-order valence-corrected chi connectivity index (χ0v) is 12.4. The van der Waals surface area contributed by atoms with E-state index >= 15 is 0 Å². The molecular formula is C18H13NO4. The number of methoxy groups -OCH3 is 1. The molecule has 5 heteroatoms. The van der Waals surface area contributed by atoms with Gasteiger partial charge in [0, 0.05) is 18.1 Å². The first-order valence-corrected chi connectivity index (χ1v) is 6.94. The predicted molar refractivity (Wildman–Crippen MR) is 83.0 cm³/mol. The van der Waals surface area contributed by atoms with E-state index in [1.807, 2.05) is 24.3 Å². The number of carbonyl (C=O) groups is 1. The summed E-state index contributed by atoms with van der Waals surface area (Å²) in [6, 6.07) is 15.7. The largest absolute Gasteiger partial charge is 0.449 e. The molecule has 0 bridgehead atoms. The fourth-order valence-electron chi connectivity index (χ4n) is 2.33. The second kappa shape index (κ2) is 6.34. The lowest BCUT2D eigenvalue weighted by molar-refractivity contribution is 0.0697. The number of ether oxygens (including phenoxy) is 2. The molecule has 0 aliphatic rings. The number of esters is 1. The van der Waals surface area contributed by atoms with Crippen LogP contribution >= 0.6 is 0 Å². The first-order chi connectivity index (χ1) is 11.2. The van der Waals surface area contributed by atoms with Gasteiger partial charge in [0.05, 0.1) is 18.2 Å². The van der Waals surface area contributed by atoms with Gasteiger partial charge in [-0.2, -0.15) is 5.26 Å². The molecule has 1 heterocycles. The van der Waals surface area contributed by atoms with Gasteiger partial charge in [-0.15, -0.1) is 0 Å². The number of hydrogen-bond acceptors (Lipinski definition) is 5. The summed E-state index contributed by atoms with van der Waals surface area (Å²) in [6.07, 6.45) is 0. The summed E-state index contributed by atoms with van der Waals surface area (Å²) < 4.78 is 16.1. The molecule has 5 nitrogen and oxygen atoms in total. The van der Waals surface area contributed by atoms with Crippen LogP contribution in [0.4, 0.5) is 0 Å². The van der Waals surface area contributed by atoms with E-state index < -0.39 is 5.97 Å². The molecule has 0 amide bonds. The van der Waals surface area contributed by atoms with Crippen molar-refractivity contribution in [1.29, 1.82) is 5.26 Å². The van der Waals surface area contributed by atoms with Gasteiger partial charge in [-0.1, -0.05) is 24.3 Å². The second-order valence-electron chi connectivity index (χ2n) is 4.87. The molecule has 0 N–H and O–H groups in total. The van der Waals surface area contributed by atoms with Crippen LogP contribution in [0.25, 0.3) is 11.0 Å². The number of nitrogens with zero attached hydrogens (tertiary/aromatic N) is 1. The van der Waals surface area contributed by atoms with E-state index in [9.17, 15) is 4.79 Å². The van der Waals surface area contributed by atoms with E-state index in [-0.39, 0.29) is 18.1 Å². The molecule has 0 saturated carbocycles. The number of hydrogen-bond donors (Lipinski definition) is 0. The van der Waals surface area contributed by atoms with E-state index in [1.165, 1.54) is 6.07 Å². The van der Waals surface area contributed by atoms with Crippen LogP contribution in [0.15, 0.2) is 52.9 Å². The normalized spacial score (nSPS) is 10.4. The van der Waals surface area contributed by atoms with Crippen molar-refractivity contribution in [2.24, 2.45) is 0 Å². The van der Waals surface area contributed by atoms with Gasteiger partial charge >= 0.3 is 5.97 Å². The number of fused-ring (bicyclic) bond motifs is 1. The molecule has 0 spiro atoms.